The molecule has 0 saturated heterocycles. The van der Waals surface area contributed by atoms with Crippen LogP contribution >= 0.6 is 34.4 Å². The Balaban J connectivity index is 1.38. The molecule has 10 heteroatoms. The van der Waals surface area contributed by atoms with Crippen LogP contribution in [0.25, 0.3) is 10.8 Å². The maximum Gasteiger partial charge on any atom is 0.257 e. The highest BCUT2D eigenvalue weighted by Gasteiger charge is 2.12. The van der Waals surface area contributed by atoms with E-state index in [9.17, 15) is 0 Å². The molecule has 4 rings (SSSR count). The number of para-hydroxylation sites is 2. The number of anilines is 2. The molecule has 7 nitrogen and oxygen atoms in total. The van der Waals surface area contributed by atoms with E-state index in [1.54, 1.807) is 18.4 Å². The van der Waals surface area contributed by atoms with Gasteiger partial charge in [0, 0.05) is 0 Å². The van der Waals surface area contributed by atoms with E-state index in [0.29, 0.717) is 22.7 Å². The molecule has 0 aliphatic carbocycles. The molecule has 0 radical (unpaired) electrons. The van der Waals surface area contributed by atoms with Crippen molar-refractivity contribution in [3.05, 3.63) is 47.7 Å². The van der Waals surface area contributed by atoms with Gasteiger partial charge in [0.2, 0.25) is 11.0 Å². The van der Waals surface area contributed by atoms with Gasteiger partial charge in [0.05, 0.1) is 23.4 Å². The maximum atomic E-state index is 5.67. The van der Waals surface area contributed by atoms with E-state index in [4.69, 9.17) is 9.15 Å². The quantitative estimate of drug-likeness (QED) is 0.445. The van der Waals surface area contributed by atoms with Crippen LogP contribution in [0, 0.1) is 0 Å². The average molecular weight is 404 g/mol. The van der Waals surface area contributed by atoms with Gasteiger partial charge in [-0.05, 0) is 23.6 Å². The molecule has 0 fully saturated rings. The van der Waals surface area contributed by atoms with Gasteiger partial charge in [-0.25, -0.2) is 0 Å². The zero-order valence-corrected chi connectivity index (χ0v) is 16.0. The van der Waals surface area contributed by atoms with Crippen LogP contribution in [0.1, 0.15) is 5.89 Å². The summed E-state index contributed by atoms with van der Waals surface area (Å²) in [6.45, 7) is 0. The monoisotopic (exact) mass is 403 g/mol. The number of thiophene rings is 1. The fourth-order valence-corrected chi connectivity index (χ4v) is 4.36. The number of benzene rings is 1. The topological polar surface area (TPSA) is 86.0 Å². The summed E-state index contributed by atoms with van der Waals surface area (Å²) >= 11 is 4.53. The predicted octanol–water partition coefficient (Wildman–Crippen LogP) is 4.69. The van der Waals surface area contributed by atoms with Gasteiger partial charge < -0.3 is 14.5 Å². The Morgan fingerprint density at radius 1 is 1.12 bits per heavy atom. The van der Waals surface area contributed by atoms with Crippen molar-refractivity contribution in [2.75, 3.05) is 12.4 Å². The van der Waals surface area contributed by atoms with Crippen molar-refractivity contribution in [3.8, 4) is 16.5 Å². The minimum Gasteiger partial charge on any atom is -0.495 e. The van der Waals surface area contributed by atoms with E-state index < -0.39 is 0 Å². The van der Waals surface area contributed by atoms with Gasteiger partial charge in [-0.3, -0.25) is 0 Å². The van der Waals surface area contributed by atoms with Crippen LogP contribution in [0.3, 0.4) is 0 Å². The molecule has 132 valence electrons. The predicted molar refractivity (Wildman–Crippen MR) is 103 cm³/mol. The number of aromatic nitrogens is 4. The molecular weight excluding hydrogens is 390 g/mol. The van der Waals surface area contributed by atoms with Crippen molar-refractivity contribution in [3.63, 3.8) is 0 Å². The first-order chi connectivity index (χ1) is 12.8. The second kappa shape index (κ2) is 7.85. The molecule has 0 saturated carbocycles. The number of nitrogens with zero attached hydrogens (tertiary/aromatic N) is 4. The van der Waals surface area contributed by atoms with Gasteiger partial charge in [-0.1, -0.05) is 41.3 Å². The van der Waals surface area contributed by atoms with Gasteiger partial charge in [-0.15, -0.1) is 31.7 Å². The second-order valence-electron chi connectivity index (χ2n) is 4.97. The number of thioether (sulfide) groups is 1. The van der Waals surface area contributed by atoms with Crippen LogP contribution in [0.5, 0.6) is 5.75 Å². The molecule has 3 heterocycles. The molecule has 0 spiro atoms. The molecule has 26 heavy (non-hydrogen) atoms. The standard InChI is InChI=1S/C16H13N5O2S3/c1-22-11-6-3-2-5-10(11)17-15-20-21-16(26-15)25-9-13-18-19-14(23-13)12-7-4-8-24-12/h2-8H,9H2,1H3,(H,17,20). The highest BCUT2D eigenvalue weighted by Crippen LogP contribution is 2.33. The Morgan fingerprint density at radius 3 is 2.88 bits per heavy atom. The maximum absolute atomic E-state index is 5.67. The Morgan fingerprint density at radius 2 is 2.04 bits per heavy atom. The summed E-state index contributed by atoms with van der Waals surface area (Å²) in [5, 5.41) is 22.4. The van der Waals surface area contributed by atoms with Crippen LogP contribution in [0.4, 0.5) is 10.8 Å². The van der Waals surface area contributed by atoms with Crippen molar-refractivity contribution in [1.29, 1.82) is 0 Å². The van der Waals surface area contributed by atoms with E-state index >= 15 is 0 Å². The van der Waals surface area contributed by atoms with Gasteiger partial charge in [0.15, 0.2) is 4.34 Å². The van der Waals surface area contributed by atoms with Gasteiger partial charge in [-0.2, -0.15) is 0 Å². The van der Waals surface area contributed by atoms with Gasteiger partial charge in [0.25, 0.3) is 5.89 Å². The molecule has 0 atom stereocenters. The summed E-state index contributed by atoms with van der Waals surface area (Å²) in [5.74, 6) is 2.41. The molecule has 3 aromatic heterocycles. The SMILES string of the molecule is COc1ccccc1Nc1nnc(SCc2nnc(-c3cccs3)o2)s1. The fraction of sp³-hybridized carbons (Fsp3) is 0.125. The van der Waals surface area contributed by atoms with E-state index in [-0.39, 0.29) is 0 Å². The highest BCUT2D eigenvalue weighted by atomic mass is 32.2. The molecule has 0 unspecified atom stereocenters. The highest BCUT2D eigenvalue weighted by molar-refractivity contribution is 8.00. The lowest BCUT2D eigenvalue weighted by Gasteiger charge is -2.07. The third-order valence-corrected chi connectivity index (χ3v) is 6.09. The van der Waals surface area contributed by atoms with E-state index in [2.05, 4.69) is 25.7 Å². The lowest BCUT2D eigenvalue weighted by atomic mass is 10.3. The number of nitrogens with one attached hydrogen (secondary N) is 1. The first-order valence-corrected chi connectivity index (χ1v) is 10.2. The molecule has 1 aromatic carbocycles. The largest absolute Gasteiger partial charge is 0.495 e. The van der Waals surface area contributed by atoms with Crippen LogP contribution < -0.4 is 10.1 Å². The fourth-order valence-electron chi connectivity index (χ4n) is 2.12. The molecule has 4 aromatic rings. The summed E-state index contributed by atoms with van der Waals surface area (Å²) < 4.78 is 11.8. The third kappa shape index (κ3) is 3.87. The lowest BCUT2D eigenvalue weighted by Crippen LogP contribution is -1.93. The third-order valence-electron chi connectivity index (χ3n) is 3.27. The summed E-state index contributed by atoms with van der Waals surface area (Å²) in [5.41, 5.74) is 0.847. The van der Waals surface area contributed by atoms with Crippen molar-refractivity contribution >= 4 is 45.3 Å². The molecule has 0 aliphatic heterocycles. The minimum atomic E-state index is 0.543. The van der Waals surface area contributed by atoms with Crippen molar-refractivity contribution in [2.45, 2.75) is 10.1 Å². The Kier molecular flexibility index (Phi) is 5.14. The van der Waals surface area contributed by atoms with Crippen LogP contribution in [0.15, 0.2) is 50.5 Å². The van der Waals surface area contributed by atoms with Crippen LogP contribution in [-0.2, 0) is 5.75 Å². The molecule has 1 N–H and O–H groups in total. The zero-order chi connectivity index (χ0) is 17.8. The first kappa shape index (κ1) is 17.0. The Hall–Kier alpha value is -2.43. The van der Waals surface area contributed by atoms with Crippen molar-refractivity contribution in [1.82, 2.24) is 20.4 Å². The number of hydrogen-bond acceptors (Lipinski definition) is 10. The van der Waals surface area contributed by atoms with Crippen molar-refractivity contribution in [2.24, 2.45) is 0 Å². The van der Waals surface area contributed by atoms with Gasteiger partial charge >= 0.3 is 0 Å². The van der Waals surface area contributed by atoms with E-state index in [0.717, 1.165) is 20.7 Å². The number of rotatable bonds is 7. The second-order valence-corrected chi connectivity index (χ2v) is 8.11. The first-order valence-electron chi connectivity index (χ1n) is 7.54. The number of hydrogen-bond donors (Lipinski definition) is 1. The summed E-state index contributed by atoms with van der Waals surface area (Å²) in [6, 6.07) is 11.6. The lowest BCUT2D eigenvalue weighted by molar-refractivity contribution is 0.417. The smallest absolute Gasteiger partial charge is 0.257 e. The number of methoxy groups -OCH3 is 1. The molecule has 0 aliphatic rings. The van der Waals surface area contributed by atoms with E-state index in [1.807, 2.05) is 41.8 Å². The molecular formula is C16H13N5O2S3. The Bertz CT molecular complexity index is 983. The average Bonchev–Trinajstić information content (AvgIpc) is 3.41. The van der Waals surface area contributed by atoms with E-state index in [1.165, 1.54) is 23.1 Å². The molecule has 0 amide bonds. The summed E-state index contributed by atoms with van der Waals surface area (Å²) in [4.78, 5) is 0.966. The normalized spacial score (nSPS) is 10.8. The van der Waals surface area contributed by atoms with Crippen LogP contribution in [-0.4, -0.2) is 27.5 Å². The zero-order valence-electron chi connectivity index (χ0n) is 13.6. The van der Waals surface area contributed by atoms with Crippen LogP contribution in [0.2, 0.25) is 0 Å². The summed E-state index contributed by atoms with van der Waals surface area (Å²) in [7, 11) is 1.64. The van der Waals surface area contributed by atoms with Crippen molar-refractivity contribution < 1.29 is 9.15 Å². The number of ether oxygens (including phenoxy) is 1. The minimum absolute atomic E-state index is 0.543. The van der Waals surface area contributed by atoms with Gasteiger partial charge in [0.1, 0.15) is 5.75 Å². The summed E-state index contributed by atoms with van der Waals surface area (Å²) in [6.07, 6.45) is 0. The molecule has 0 bridgehead atoms. The Labute approximate surface area is 161 Å².